The van der Waals surface area contributed by atoms with E-state index in [2.05, 4.69) is 36.7 Å². The summed E-state index contributed by atoms with van der Waals surface area (Å²) in [5, 5.41) is 24.5. The van der Waals surface area contributed by atoms with Crippen LogP contribution in [0, 0.1) is 17.2 Å². The minimum absolute atomic E-state index is 0. The van der Waals surface area contributed by atoms with Crippen LogP contribution >= 0.6 is 24.0 Å². The Hall–Kier alpha value is -4.97. The molecule has 0 radical (unpaired) electrons. The summed E-state index contributed by atoms with van der Waals surface area (Å²) < 4.78 is 24.0. The number of benzene rings is 2. The molecule has 2 atom stereocenters. The number of hydrogen-bond acceptors (Lipinski definition) is 9. The molecule has 4 aromatic rings. The normalized spacial score (nSPS) is 23.4. The third kappa shape index (κ3) is 8.96. The predicted octanol–water partition coefficient (Wildman–Crippen LogP) is 6.45. The summed E-state index contributed by atoms with van der Waals surface area (Å²) in [5.74, 6) is 1.33. The standard InChI is InChI=1S/C41H45ClFN9O4.ClH/c42-32-22-30(7-4-27(32)23-44)56-29-8-5-28(6-9-29)45-40(54)34-10-11-38(48-47-34)50-18-12-26(13-19-50)24-49-17-15-37(33(43)25-49)51-20-14-31-35(51)2-1-3-36(31)52-21-16-39(53)46-41(52)55;/h1-4,7,10-11,14,20,22,26,28-29,33,37H,5-6,8-9,12-13,15-19,21,24-25H2,(H,45,54)(H,46,53,55);1H/t28-,29-,33-,37+;/m0./s1. The van der Waals surface area contributed by atoms with Crippen molar-refractivity contribution >= 4 is 64.3 Å². The molecule has 8 rings (SSSR count). The van der Waals surface area contributed by atoms with Gasteiger partial charge in [0.05, 0.1) is 33.9 Å². The van der Waals surface area contributed by atoms with E-state index in [0.29, 0.717) is 47.5 Å². The SMILES string of the molecule is Cl.N#Cc1ccc(O[C@H]2CC[C@H](NC(=O)c3ccc(N4CCC(CN5CC[C@@H](n6ccc7c(N8CCC(=O)NC8=O)cccc76)[C@@H](F)C5)CC4)nn3)CC2)cc1Cl. The van der Waals surface area contributed by atoms with Crippen molar-refractivity contribution in [2.75, 3.05) is 49.1 Å². The number of nitrogens with zero attached hydrogens (tertiary/aromatic N) is 7. The molecule has 3 aliphatic heterocycles. The van der Waals surface area contributed by atoms with E-state index in [9.17, 15) is 14.4 Å². The molecule has 1 saturated carbocycles. The van der Waals surface area contributed by atoms with Crippen LogP contribution in [0.3, 0.4) is 0 Å². The molecule has 2 aromatic heterocycles. The summed E-state index contributed by atoms with van der Waals surface area (Å²) in [6, 6.07) is 17.7. The number of carbonyl (C=O) groups excluding carboxylic acids is 3. The Labute approximate surface area is 341 Å². The van der Waals surface area contributed by atoms with Crippen molar-refractivity contribution in [2.45, 2.75) is 75.7 Å². The number of nitrogens with one attached hydrogen (secondary N) is 2. The van der Waals surface area contributed by atoms with Crippen LogP contribution in [-0.2, 0) is 4.79 Å². The first-order chi connectivity index (χ1) is 27.2. The topological polar surface area (TPSA) is 149 Å². The molecule has 13 nitrogen and oxygen atoms in total. The Bertz CT molecular complexity index is 2130. The van der Waals surface area contributed by atoms with Crippen molar-refractivity contribution in [3.63, 3.8) is 0 Å². The van der Waals surface area contributed by atoms with Gasteiger partial charge in [-0.25, -0.2) is 9.18 Å². The van der Waals surface area contributed by atoms with Gasteiger partial charge in [-0.2, -0.15) is 5.26 Å². The maximum Gasteiger partial charge on any atom is 0.328 e. The van der Waals surface area contributed by atoms with Crippen molar-refractivity contribution in [1.29, 1.82) is 5.26 Å². The second-order valence-electron chi connectivity index (χ2n) is 15.3. The second kappa shape index (κ2) is 17.7. The van der Waals surface area contributed by atoms with Crippen LogP contribution in [0.5, 0.6) is 5.75 Å². The minimum atomic E-state index is -1.03. The molecule has 3 saturated heterocycles. The fraction of sp³-hybridized carbons (Fsp3) is 0.463. The first kappa shape index (κ1) is 40.2. The molecule has 2 N–H and O–H groups in total. The maximum atomic E-state index is 15.9. The molecule has 2 aromatic carbocycles. The molecule has 16 heteroatoms. The average Bonchev–Trinajstić information content (AvgIpc) is 3.64. The summed E-state index contributed by atoms with van der Waals surface area (Å²) in [6.45, 7) is 3.99. The highest BCUT2D eigenvalue weighted by Crippen LogP contribution is 2.35. The van der Waals surface area contributed by atoms with Gasteiger partial charge < -0.3 is 24.4 Å². The number of imide groups is 1. The molecule has 0 unspecified atom stereocenters. The summed E-state index contributed by atoms with van der Waals surface area (Å²) in [6.07, 6.45) is 6.91. The van der Waals surface area contributed by atoms with E-state index < -0.39 is 12.2 Å². The molecule has 57 heavy (non-hydrogen) atoms. The number of alkyl halides is 1. The van der Waals surface area contributed by atoms with Gasteiger partial charge in [-0.3, -0.25) is 19.8 Å². The first-order valence-corrected chi connectivity index (χ1v) is 19.9. The Morgan fingerprint density at radius 2 is 1.79 bits per heavy atom. The number of amides is 4. The number of rotatable bonds is 9. The van der Waals surface area contributed by atoms with Gasteiger partial charge in [0.15, 0.2) is 11.5 Å². The van der Waals surface area contributed by atoms with E-state index in [4.69, 9.17) is 21.6 Å². The Kier molecular flexibility index (Phi) is 12.5. The van der Waals surface area contributed by atoms with Gasteiger partial charge in [0, 0.05) is 69.4 Å². The van der Waals surface area contributed by atoms with Crippen molar-refractivity contribution in [2.24, 2.45) is 5.92 Å². The average molecular weight is 819 g/mol. The number of halogens is 3. The predicted molar refractivity (Wildman–Crippen MR) is 217 cm³/mol. The summed E-state index contributed by atoms with van der Waals surface area (Å²) >= 11 is 6.14. The zero-order chi connectivity index (χ0) is 38.8. The third-order valence-corrected chi connectivity index (χ3v) is 12.1. The van der Waals surface area contributed by atoms with E-state index in [1.165, 1.54) is 0 Å². The van der Waals surface area contributed by atoms with Crippen LogP contribution in [0.2, 0.25) is 5.02 Å². The molecule has 0 spiro atoms. The van der Waals surface area contributed by atoms with Gasteiger partial charge >= 0.3 is 6.03 Å². The zero-order valence-electron chi connectivity index (χ0n) is 31.5. The minimum Gasteiger partial charge on any atom is -0.490 e. The van der Waals surface area contributed by atoms with Gasteiger partial charge in [-0.15, -0.1) is 22.6 Å². The number of ether oxygens (including phenoxy) is 1. The van der Waals surface area contributed by atoms with Crippen LogP contribution in [0.1, 0.15) is 73.5 Å². The van der Waals surface area contributed by atoms with E-state index >= 15 is 4.39 Å². The van der Waals surface area contributed by atoms with Gasteiger partial charge in [-0.05, 0) is 93.3 Å². The maximum absolute atomic E-state index is 15.9. The lowest BCUT2D eigenvalue weighted by Gasteiger charge is -2.39. The lowest BCUT2D eigenvalue weighted by atomic mass is 9.92. The van der Waals surface area contributed by atoms with Crippen molar-refractivity contribution in [3.05, 3.63) is 77.1 Å². The van der Waals surface area contributed by atoms with Gasteiger partial charge in [-0.1, -0.05) is 17.7 Å². The third-order valence-electron chi connectivity index (χ3n) is 11.7. The highest BCUT2D eigenvalue weighted by atomic mass is 35.5. The molecule has 1 aliphatic carbocycles. The molecule has 4 fully saturated rings. The van der Waals surface area contributed by atoms with E-state index in [0.717, 1.165) is 87.1 Å². The molecule has 300 valence electrons. The van der Waals surface area contributed by atoms with Crippen LogP contribution < -0.4 is 25.2 Å². The Morgan fingerprint density at radius 3 is 2.49 bits per heavy atom. The quantitative estimate of drug-likeness (QED) is 0.195. The molecular formula is C41H46Cl2FN9O4. The van der Waals surface area contributed by atoms with Gasteiger partial charge in [0.2, 0.25) is 5.91 Å². The van der Waals surface area contributed by atoms with Gasteiger partial charge in [0.1, 0.15) is 18.0 Å². The zero-order valence-corrected chi connectivity index (χ0v) is 33.1. The molecule has 4 aliphatic rings. The summed E-state index contributed by atoms with van der Waals surface area (Å²) in [5.41, 5.74) is 2.31. The van der Waals surface area contributed by atoms with Crippen LogP contribution in [-0.4, -0.2) is 95.1 Å². The van der Waals surface area contributed by atoms with Crippen molar-refractivity contribution < 1.29 is 23.5 Å². The Balaban J connectivity index is 0.00000496. The van der Waals surface area contributed by atoms with Gasteiger partial charge in [0.25, 0.3) is 5.91 Å². The summed E-state index contributed by atoms with van der Waals surface area (Å²) in [4.78, 5) is 43.3. The number of hydrogen-bond donors (Lipinski definition) is 2. The van der Waals surface area contributed by atoms with E-state index in [1.807, 2.05) is 41.1 Å². The number of carbonyl (C=O) groups is 3. The van der Waals surface area contributed by atoms with E-state index in [-0.39, 0.29) is 48.8 Å². The Morgan fingerprint density at radius 1 is 0.982 bits per heavy atom. The van der Waals surface area contributed by atoms with Crippen molar-refractivity contribution in [1.82, 2.24) is 30.3 Å². The van der Waals surface area contributed by atoms with Crippen LogP contribution in [0.15, 0.2) is 60.8 Å². The van der Waals surface area contributed by atoms with E-state index in [1.54, 1.807) is 29.2 Å². The largest absolute Gasteiger partial charge is 0.490 e. The lowest BCUT2D eigenvalue weighted by molar-refractivity contribution is -0.120. The highest BCUT2D eigenvalue weighted by molar-refractivity contribution is 6.31. The highest BCUT2D eigenvalue weighted by Gasteiger charge is 2.34. The first-order valence-electron chi connectivity index (χ1n) is 19.6. The number of likely N-dealkylation sites (tertiary alicyclic amines) is 1. The number of piperidine rings is 2. The fourth-order valence-corrected chi connectivity index (χ4v) is 8.90. The molecule has 5 heterocycles. The lowest BCUT2D eigenvalue weighted by Crippen LogP contribution is -2.49. The van der Waals surface area contributed by atoms with Crippen molar-refractivity contribution in [3.8, 4) is 11.8 Å². The number of urea groups is 1. The number of fused-ring (bicyclic) bond motifs is 1. The molecular weight excluding hydrogens is 772 g/mol. The number of nitriles is 1. The number of anilines is 2. The molecule has 4 amide bonds. The number of aromatic nitrogens is 3. The monoisotopic (exact) mass is 817 g/mol. The smallest absolute Gasteiger partial charge is 0.328 e. The fourth-order valence-electron chi connectivity index (χ4n) is 8.69. The van der Waals surface area contributed by atoms with Crippen LogP contribution in [0.4, 0.5) is 20.7 Å². The summed E-state index contributed by atoms with van der Waals surface area (Å²) in [7, 11) is 0. The molecule has 0 bridgehead atoms. The van der Waals surface area contributed by atoms with Crippen LogP contribution in [0.25, 0.3) is 10.9 Å². The second-order valence-corrected chi connectivity index (χ2v) is 15.8.